The number of nitrogens with two attached hydrogens (primary N) is 1. The van der Waals surface area contributed by atoms with E-state index in [4.69, 9.17) is 22.1 Å². The molecule has 1 aromatic rings. The third-order valence-corrected chi connectivity index (χ3v) is 4.96. The maximum atomic E-state index is 12.7. The highest BCUT2D eigenvalue weighted by molar-refractivity contribution is 7.86. The molecule has 13 heteroatoms. The first-order chi connectivity index (χ1) is 14.1. The van der Waals surface area contributed by atoms with E-state index in [0.29, 0.717) is 0 Å². The van der Waals surface area contributed by atoms with Gasteiger partial charge in [-0.05, 0) is 39.8 Å². The fourth-order valence-corrected chi connectivity index (χ4v) is 3.69. The molecule has 0 heterocycles. The maximum Gasteiger partial charge on any atom is 0.408 e. The van der Waals surface area contributed by atoms with Crippen molar-refractivity contribution >= 4 is 39.6 Å². The van der Waals surface area contributed by atoms with Gasteiger partial charge < -0.3 is 26.2 Å². The second kappa shape index (κ2) is 10.2. The highest BCUT2D eigenvalue weighted by atomic mass is 35.5. The van der Waals surface area contributed by atoms with Crippen LogP contribution in [0.5, 0.6) is 5.75 Å². The predicted molar refractivity (Wildman–Crippen MR) is 111 cm³/mol. The Morgan fingerprint density at radius 2 is 1.84 bits per heavy atom. The number of alkyl carbamates (subject to hydrolysis) is 1. The number of likely N-dealkylation sites (N-methyl/N-ethyl adjacent to an activating group) is 1. The van der Waals surface area contributed by atoms with Crippen LogP contribution < -0.4 is 16.4 Å². The molecule has 0 saturated carbocycles. The van der Waals surface area contributed by atoms with E-state index in [-0.39, 0.29) is 17.1 Å². The lowest BCUT2D eigenvalue weighted by Crippen LogP contribution is -2.51. The average molecular weight is 480 g/mol. The molecule has 0 aliphatic carbocycles. The van der Waals surface area contributed by atoms with Crippen LogP contribution in [0.15, 0.2) is 17.0 Å². The molecule has 1 unspecified atom stereocenters. The van der Waals surface area contributed by atoms with Crippen LogP contribution in [0.2, 0.25) is 5.02 Å². The SMILES string of the molecule is CCNC(=O)[C@@H](NC(=O)OC(C)(C)C)C(CC(N)=O)c1cc(Cl)cc(S(=O)(=O)O)c1O. The van der Waals surface area contributed by atoms with Crippen LogP contribution in [0, 0.1) is 0 Å². The number of carbonyl (C=O) groups excluding carboxylic acids is 3. The fraction of sp³-hybridized carbons (Fsp3) is 0.500. The molecule has 6 N–H and O–H groups in total. The number of nitrogens with one attached hydrogen (secondary N) is 2. The Morgan fingerprint density at radius 1 is 1.26 bits per heavy atom. The normalized spacial score (nSPS) is 13.7. The summed E-state index contributed by atoms with van der Waals surface area (Å²) in [4.78, 5) is 35.8. The lowest BCUT2D eigenvalue weighted by Gasteiger charge is -2.29. The molecular weight excluding hydrogens is 454 g/mol. The number of halogens is 1. The van der Waals surface area contributed by atoms with E-state index in [9.17, 15) is 32.5 Å². The second-order valence-electron chi connectivity index (χ2n) is 7.61. The lowest BCUT2D eigenvalue weighted by atomic mass is 9.87. The zero-order valence-electron chi connectivity index (χ0n) is 17.4. The minimum Gasteiger partial charge on any atom is -0.506 e. The molecule has 11 nitrogen and oxygen atoms in total. The molecule has 0 radical (unpaired) electrons. The Hall–Kier alpha value is -2.57. The Morgan fingerprint density at radius 3 is 2.29 bits per heavy atom. The van der Waals surface area contributed by atoms with Crippen molar-refractivity contribution in [3.8, 4) is 5.75 Å². The van der Waals surface area contributed by atoms with Crippen LogP contribution >= 0.6 is 11.6 Å². The highest BCUT2D eigenvalue weighted by Gasteiger charge is 2.36. The number of amides is 3. The Balaban J connectivity index is 3.63. The van der Waals surface area contributed by atoms with Crippen molar-refractivity contribution in [2.45, 2.75) is 56.6 Å². The summed E-state index contributed by atoms with van der Waals surface area (Å²) in [7, 11) is -4.91. The van der Waals surface area contributed by atoms with Crippen LogP contribution in [-0.2, 0) is 24.4 Å². The van der Waals surface area contributed by atoms with Gasteiger partial charge in [-0.25, -0.2) is 4.79 Å². The molecule has 174 valence electrons. The summed E-state index contributed by atoms with van der Waals surface area (Å²) in [6, 6.07) is 0.377. The van der Waals surface area contributed by atoms with E-state index in [1.165, 1.54) is 0 Å². The van der Waals surface area contributed by atoms with Crippen molar-refractivity contribution < 1.29 is 37.2 Å². The Bertz CT molecular complexity index is 959. The summed E-state index contributed by atoms with van der Waals surface area (Å²) in [5.74, 6) is -3.97. The number of hydrogen-bond acceptors (Lipinski definition) is 7. The molecule has 0 bridgehead atoms. The van der Waals surface area contributed by atoms with Gasteiger partial charge in [0.15, 0.2) is 0 Å². The van der Waals surface area contributed by atoms with E-state index in [2.05, 4.69) is 10.6 Å². The number of primary amides is 1. The molecule has 0 saturated heterocycles. The van der Waals surface area contributed by atoms with Gasteiger partial charge in [0.1, 0.15) is 22.3 Å². The molecule has 1 rings (SSSR count). The maximum absolute atomic E-state index is 12.7. The Kier molecular flexibility index (Phi) is 8.67. The van der Waals surface area contributed by atoms with E-state index in [0.717, 1.165) is 12.1 Å². The van der Waals surface area contributed by atoms with Crippen LogP contribution in [0.4, 0.5) is 4.79 Å². The largest absolute Gasteiger partial charge is 0.506 e. The van der Waals surface area contributed by atoms with Crippen LogP contribution in [0.3, 0.4) is 0 Å². The quantitative estimate of drug-likeness (QED) is 0.345. The molecule has 1 aromatic carbocycles. The molecule has 3 amide bonds. The number of phenols is 1. The molecular formula is C18H26ClN3O8S. The van der Waals surface area contributed by atoms with Crippen molar-refractivity contribution in [2.75, 3.05) is 6.54 Å². The monoisotopic (exact) mass is 479 g/mol. The molecule has 31 heavy (non-hydrogen) atoms. The third-order valence-electron chi connectivity index (χ3n) is 3.88. The van der Waals surface area contributed by atoms with Gasteiger partial charge in [0.25, 0.3) is 10.1 Å². The standard InChI is InChI=1S/C18H26ClN3O8S/c1-5-21-16(25)14(22-17(26)30-18(2,3)4)10(8-13(20)23)11-6-9(19)7-12(15(11)24)31(27,28)29/h6-7,10,14,24H,5,8H2,1-4H3,(H2,20,23)(H,21,25)(H,22,26)(H,27,28,29)/t10?,14-/m0/s1. The van der Waals surface area contributed by atoms with E-state index in [1.54, 1.807) is 27.7 Å². The minimum absolute atomic E-state index is 0.159. The van der Waals surface area contributed by atoms with E-state index in [1.807, 2.05) is 0 Å². The second-order valence-corrected chi connectivity index (χ2v) is 9.44. The number of phenolic OH excluding ortho intramolecular Hbond substituents is 1. The topological polar surface area (TPSA) is 185 Å². The van der Waals surface area contributed by atoms with Crippen LogP contribution in [0.25, 0.3) is 0 Å². The third kappa shape index (κ3) is 7.89. The Labute approximate surface area is 185 Å². The van der Waals surface area contributed by atoms with Crippen molar-refractivity contribution in [3.05, 3.63) is 22.7 Å². The number of benzene rings is 1. The molecule has 2 atom stereocenters. The zero-order chi connectivity index (χ0) is 24.1. The first kappa shape index (κ1) is 26.5. The van der Waals surface area contributed by atoms with Gasteiger partial charge in [-0.15, -0.1) is 0 Å². The minimum atomic E-state index is -4.91. The van der Waals surface area contributed by atoms with Gasteiger partial charge in [0.2, 0.25) is 11.8 Å². The van der Waals surface area contributed by atoms with Gasteiger partial charge in [0.05, 0.1) is 0 Å². The van der Waals surface area contributed by atoms with Crippen molar-refractivity contribution in [1.29, 1.82) is 0 Å². The number of aromatic hydroxyl groups is 1. The highest BCUT2D eigenvalue weighted by Crippen LogP contribution is 2.38. The van der Waals surface area contributed by atoms with Gasteiger partial charge in [0, 0.05) is 29.5 Å². The average Bonchev–Trinajstić information content (AvgIpc) is 2.57. The first-order valence-corrected chi connectivity index (χ1v) is 10.9. The summed E-state index contributed by atoms with van der Waals surface area (Å²) in [5, 5.41) is 15.1. The van der Waals surface area contributed by atoms with E-state index < -0.39 is 62.7 Å². The predicted octanol–water partition coefficient (Wildman–Crippen LogP) is 1.28. The molecule has 0 aliphatic rings. The molecule has 0 aromatic heterocycles. The number of hydrogen-bond donors (Lipinski definition) is 5. The van der Waals surface area contributed by atoms with Gasteiger partial charge >= 0.3 is 6.09 Å². The number of rotatable bonds is 8. The van der Waals surface area contributed by atoms with Crippen molar-refractivity contribution in [2.24, 2.45) is 5.73 Å². The summed E-state index contributed by atoms with van der Waals surface area (Å²) >= 11 is 5.93. The molecule has 0 spiro atoms. The fourth-order valence-electron chi connectivity index (χ4n) is 2.77. The number of ether oxygens (including phenoxy) is 1. The summed E-state index contributed by atoms with van der Waals surface area (Å²) in [6.07, 6.45) is -1.59. The number of carbonyl (C=O) groups is 3. The van der Waals surface area contributed by atoms with Gasteiger partial charge in [-0.3, -0.25) is 14.1 Å². The summed E-state index contributed by atoms with van der Waals surface area (Å²) in [5.41, 5.74) is 4.08. The summed E-state index contributed by atoms with van der Waals surface area (Å²) in [6.45, 7) is 6.55. The van der Waals surface area contributed by atoms with Crippen molar-refractivity contribution in [1.82, 2.24) is 10.6 Å². The smallest absolute Gasteiger partial charge is 0.408 e. The van der Waals surface area contributed by atoms with Gasteiger partial charge in [-0.2, -0.15) is 8.42 Å². The molecule has 0 aliphatic heterocycles. The van der Waals surface area contributed by atoms with Crippen LogP contribution in [0.1, 0.15) is 45.6 Å². The molecule has 0 fully saturated rings. The van der Waals surface area contributed by atoms with Gasteiger partial charge in [-0.1, -0.05) is 11.6 Å². The zero-order valence-corrected chi connectivity index (χ0v) is 19.0. The first-order valence-electron chi connectivity index (χ1n) is 9.12. The lowest BCUT2D eigenvalue weighted by molar-refractivity contribution is -0.124. The van der Waals surface area contributed by atoms with Crippen molar-refractivity contribution in [3.63, 3.8) is 0 Å². The van der Waals surface area contributed by atoms with E-state index >= 15 is 0 Å². The van der Waals surface area contributed by atoms with Crippen LogP contribution in [-0.4, -0.2) is 54.2 Å². The summed E-state index contributed by atoms with van der Waals surface area (Å²) < 4.78 is 37.8.